The van der Waals surface area contributed by atoms with Crippen LogP contribution in [0, 0.1) is 6.92 Å². The second kappa shape index (κ2) is 8.34. The van der Waals surface area contributed by atoms with Gasteiger partial charge < -0.3 is 9.73 Å². The number of benzene rings is 2. The van der Waals surface area contributed by atoms with E-state index in [9.17, 15) is 4.79 Å². The van der Waals surface area contributed by atoms with Crippen LogP contribution in [0.15, 0.2) is 46.9 Å². The fourth-order valence-electron chi connectivity index (χ4n) is 2.51. The third-order valence-corrected chi connectivity index (χ3v) is 4.39. The van der Waals surface area contributed by atoms with Crippen LogP contribution in [0.3, 0.4) is 0 Å². The molecule has 0 aliphatic rings. The zero-order valence-electron chi connectivity index (χ0n) is 14.1. The number of carbonyl (C=O) groups is 1. The minimum atomic E-state index is -0.390. The predicted octanol–water partition coefficient (Wildman–Crippen LogP) is 4.25. The molecule has 0 radical (unpaired) electrons. The monoisotopic (exact) mass is 389 g/mol. The molecule has 2 aromatic carbocycles. The summed E-state index contributed by atoms with van der Waals surface area (Å²) in [4.78, 5) is 12.1. The van der Waals surface area contributed by atoms with Crippen LogP contribution in [0.4, 0.5) is 0 Å². The minimum Gasteiger partial charge on any atom is -0.417 e. The molecule has 0 saturated heterocycles. The number of aryl methyl sites for hydroxylation is 1. The smallest absolute Gasteiger partial charge is 0.308 e. The number of aromatic nitrogens is 2. The van der Waals surface area contributed by atoms with Crippen molar-refractivity contribution in [1.82, 2.24) is 15.5 Å². The first-order valence-corrected chi connectivity index (χ1v) is 8.87. The lowest BCUT2D eigenvalue weighted by Crippen LogP contribution is -2.26. The fraction of sp³-hybridized carbons (Fsp3) is 0.211. The fourth-order valence-corrected chi connectivity index (χ4v) is 2.98. The molecule has 5 nitrogen and oxygen atoms in total. The third-order valence-electron chi connectivity index (χ3n) is 3.80. The van der Waals surface area contributed by atoms with E-state index in [0.717, 1.165) is 17.5 Å². The van der Waals surface area contributed by atoms with E-state index in [1.807, 2.05) is 25.1 Å². The second-order valence-corrected chi connectivity index (χ2v) is 6.75. The van der Waals surface area contributed by atoms with Gasteiger partial charge in [-0.3, -0.25) is 4.79 Å². The van der Waals surface area contributed by atoms with Gasteiger partial charge in [-0.15, -0.1) is 10.2 Å². The molecule has 0 aliphatic heterocycles. The summed E-state index contributed by atoms with van der Waals surface area (Å²) in [6.07, 6.45) is 1.06. The molecule has 0 saturated carbocycles. The standard InChI is InChI=1S/C19H17Cl2N3O2/c1-12-3-2-4-13(9-12)7-8-22-18(25)19-24-23-17(26-19)10-14-5-6-15(20)11-16(14)21/h2-6,9,11H,7-8,10H2,1H3,(H,22,25). The van der Waals surface area contributed by atoms with Crippen molar-refractivity contribution in [3.8, 4) is 0 Å². The summed E-state index contributed by atoms with van der Waals surface area (Å²) in [7, 11) is 0. The highest BCUT2D eigenvalue weighted by Crippen LogP contribution is 2.23. The minimum absolute atomic E-state index is 0.0608. The Labute approximate surface area is 161 Å². The van der Waals surface area contributed by atoms with E-state index in [0.29, 0.717) is 28.9 Å². The van der Waals surface area contributed by atoms with E-state index in [2.05, 4.69) is 21.6 Å². The van der Waals surface area contributed by atoms with E-state index >= 15 is 0 Å². The highest BCUT2D eigenvalue weighted by atomic mass is 35.5. The molecule has 7 heteroatoms. The van der Waals surface area contributed by atoms with Gasteiger partial charge in [0.1, 0.15) is 0 Å². The molecule has 1 aromatic heterocycles. The summed E-state index contributed by atoms with van der Waals surface area (Å²) >= 11 is 12.0. The molecule has 3 rings (SSSR count). The number of hydrogen-bond donors (Lipinski definition) is 1. The van der Waals surface area contributed by atoms with Crippen LogP contribution in [-0.2, 0) is 12.8 Å². The van der Waals surface area contributed by atoms with E-state index in [-0.39, 0.29) is 5.89 Å². The van der Waals surface area contributed by atoms with Crippen molar-refractivity contribution in [2.75, 3.05) is 6.54 Å². The topological polar surface area (TPSA) is 68.0 Å². The Bertz CT molecular complexity index is 925. The maximum Gasteiger partial charge on any atom is 0.308 e. The Morgan fingerprint density at radius 2 is 2.00 bits per heavy atom. The van der Waals surface area contributed by atoms with E-state index in [4.69, 9.17) is 27.6 Å². The molecule has 0 fully saturated rings. The lowest BCUT2D eigenvalue weighted by atomic mass is 10.1. The first-order valence-electron chi connectivity index (χ1n) is 8.11. The van der Waals surface area contributed by atoms with E-state index < -0.39 is 5.91 Å². The quantitative estimate of drug-likeness (QED) is 0.683. The molecule has 0 unspecified atom stereocenters. The lowest BCUT2D eigenvalue weighted by Gasteiger charge is -2.04. The maximum atomic E-state index is 12.1. The molecule has 26 heavy (non-hydrogen) atoms. The zero-order chi connectivity index (χ0) is 18.5. The molecule has 1 heterocycles. The van der Waals surface area contributed by atoms with Crippen LogP contribution in [-0.4, -0.2) is 22.6 Å². The predicted molar refractivity (Wildman–Crippen MR) is 101 cm³/mol. The van der Waals surface area contributed by atoms with Gasteiger partial charge in [-0.05, 0) is 36.6 Å². The molecule has 0 spiro atoms. The summed E-state index contributed by atoms with van der Waals surface area (Å²) in [5.74, 6) is -0.133. The first-order chi connectivity index (χ1) is 12.5. The Balaban J connectivity index is 1.56. The van der Waals surface area contributed by atoms with Crippen molar-refractivity contribution < 1.29 is 9.21 Å². The van der Waals surface area contributed by atoms with Crippen LogP contribution < -0.4 is 5.32 Å². The summed E-state index contributed by atoms with van der Waals surface area (Å²) in [6.45, 7) is 2.53. The molecule has 1 N–H and O–H groups in total. The van der Waals surface area contributed by atoms with Gasteiger partial charge in [0.2, 0.25) is 5.89 Å². The molecule has 0 bridgehead atoms. The SMILES string of the molecule is Cc1cccc(CCNC(=O)c2nnc(Cc3ccc(Cl)cc3Cl)o2)c1. The van der Waals surface area contributed by atoms with E-state index in [1.165, 1.54) is 5.56 Å². The van der Waals surface area contributed by atoms with Crippen molar-refractivity contribution in [2.24, 2.45) is 0 Å². The largest absolute Gasteiger partial charge is 0.417 e. The molecule has 0 atom stereocenters. The van der Waals surface area contributed by atoms with Crippen molar-refractivity contribution in [1.29, 1.82) is 0 Å². The van der Waals surface area contributed by atoms with Gasteiger partial charge in [0.25, 0.3) is 0 Å². The van der Waals surface area contributed by atoms with Gasteiger partial charge in [-0.2, -0.15) is 0 Å². The number of hydrogen-bond acceptors (Lipinski definition) is 4. The summed E-state index contributed by atoms with van der Waals surface area (Å²) in [6, 6.07) is 13.3. The Kier molecular flexibility index (Phi) is 5.91. The number of carbonyl (C=O) groups excluding carboxylic acids is 1. The number of amides is 1. The Hall–Kier alpha value is -2.37. The van der Waals surface area contributed by atoms with Crippen LogP contribution in [0.5, 0.6) is 0 Å². The van der Waals surface area contributed by atoms with Gasteiger partial charge in [0.15, 0.2) is 0 Å². The second-order valence-electron chi connectivity index (χ2n) is 5.91. The van der Waals surface area contributed by atoms with Gasteiger partial charge in [-0.1, -0.05) is 59.1 Å². The Morgan fingerprint density at radius 3 is 2.77 bits per heavy atom. The normalized spacial score (nSPS) is 10.7. The molecule has 3 aromatic rings. The maximum absolute atomic E-state index is 12.1. The molecule has 1 amide bonds. The van der Waals surface area contributed by atoms with Gasteiger partial charge >= 0.3 is 11.8 Å². The van der Waals surface area contributed by atoms with Gasteiger partial charge in [0.05, 0.1) is 6.42 Å². The van der Waals surface area contributed by atoms with Crippen molar-refractivity contribution in [2.45, 2.75) is 19.8 Å². The van der Waals surface area contributed by atoms with Crippen LogP contribution >= 0.6 is 23.2 Å². The number of halogens is 2. The van der Waals surface area contributed by atoms with Crippen LogP contribution in [0.25, 0.3) is 0 Å². The summed E-state index contributed by atoms with van der Waals surface area (Å²) in [5.41, 5.74) is 3.15. The van der Waals surface area contributed by atoms with Gasteiger partial charge in [0, 0.05) is 16.6 Å². The molecule has 0 aliphatic carbocycles. The average Bonchev–Trinajstić information content (AvgIpc) is 3.06. The van der Waals surface area contributed by atoms with Crippen LogP contribution in [0.2, 0.25) is 10.0 Å². The number of nitrogens with one attached hydrogen (secondary N) is 1. The molecular formula is C19H17Cl2N3O2. The molecular weight excluding hydrogens is 373 g/mol. The van der Waals surface area contributed by atoms with Crippen molar-refractivity contribution in [3.63, 3.8) is 0 Å². The average molecular weight is 390 g/mol. The third kappa shape index (κ3) is 4.84. The highest BCUT2D eigenvalue weighted by molar-refractivity contribution is 6.35. The number of rotatable bonds is 6. The lowest BCUT2D eigenvalue weighted by molar-refractivity contribution is 0.0918. The number of nitrogens with zero attached hydrogens (tertiary/aromatic N) is 2. The van der Waals surface area contributed by atoms with Gasteiger partial charge in [-0.25, -0.2) is 0 Å². The summed E-state index contributed by atoms with van der Waals surface area (Å²) < 4.78 is 5.43. The van der Waals surface area contributed by atoms with Crippen LogP contribution in [0.1, 0.15) is 33.3 Å². The summed E-state index contributed by atoms with van der Waals surface area (Å²) in [5, 5.41) is 11.6. The van der Waals surface area contributed by atoms with E-state index in [1.54, 1.807) is 18.2 Å². The molecule has 134 valence electrons. The highest BCUT2D eigenvalue weighted by Gasteiger charge is 2.15. The zero-order valence-corrected chi connectivity index (χ0v) is 15.6. The van der Waals surface area contributed by atoms with Crippen molar-refractivity contribution in [3.05, 3.63) is 81.0 Å². The van der Waals surface area contributed by atoms with Crippen molar-refractivity contribution >= 4 is 29.1 Å². The Morgan fingerprint density at radius 1 is 1.15 bits per heavy atom. The first kappa shape index (κ1) is 18.4.